The molecular formula is C12H17N. The van der Waals surface area contributed by atoms with Gasteiger partial charge in [-0.2, -0.15) is 0 Å². The second kappa shape index (κ2) is 3.15. The van der Waals surface area contributed by atoms with Gasteiger partial charge in [-0.25, -0.2) is 0 Å². The largest absolute Gasteiger partial charge is 0.299 e. The number of fused-ring (bicyclic) bond motifs is 1. The molecule has 0 aromatic heterocycles. The molecule has 13 heavy (non-hydrogen) atoms. The van der Waals surface area contributed by atoms with Gasteiger partial charge in [0.15, 0.2) is 0 Å². The zero-order chi connectivity index (χ0) is 9.42. The number of rotatable bonds is 0. The van der Waals surface area contributed by atoms with Crippen molar-refractivity contribution in [1.29, 1.82) is 0 Å². The van der Waals surface area contributed by atoms with Crippen molar-refractivity contribution in [2.24, 2.45) is 0 Å². The first kappa shape index (κ1) is 8.76. The van der Waals surface area contributed by atoms with E-state index in [9.17, 15) is 0 Å². The van der Waals surface area contributed by atoms with E-state index in [2.05, 4.69) is 50.1 Å². The minimum atomic E-state index is 0.576. The summed E-state index contributed by atoms with van der Waals surface area (Å²) < 4.78 is 0. The normalized spacial score (nSPS) is 28.5. The van der Waals surface area contributed by atoms with Gasteiger partial charge in [-0.15, -0.1) is 0 Å². The fourth-order valence-electron chi connectivity index (χ4n) is 2.27. The third kappa shape index (κ3) is 1.37. The molecule has 70 valence electrons. The zero-order valence-corrected chi connectivity index (χ0v) is 8.62. The summed E-state index contributed by atoms with van der Waals surface area (Å²) in [5.74, 6) is 0.678. The fraction of sp³-hybridized carbons (Fsp3) is 0.500. The van der Waals surface area contributed by atoms with Crippen LogP contribution in [0.3, 0.4) is 0 Å². The Bertz CT molecular complexity index is 306. The van der Waals surface area contributed by atoms with E-state index >= 15 is 0 Å². The average Bonchev–Trinajstić information content (AvgIpc) is 2.15. The highest BCUT2D eigenvalue weighted by Crippen LogP contribution is 2.33. The predicted molar refractivity (Wildman–Crippen MR) is 55.9 cm³/mol. The van der Waals surface area contributed by atoms with Gasteiger partial charge in [0.1, 0.15) is 0 Å². The first-order valence-corrected chi connectivity index (χ1v) is 4.99. The minimum Gasteiger partial charge on any atom is -0.299 e. The third-order valence-electron chi connectivity index (χ3n) is 3.20. The Morgan fingerprint density at radius 2 is 1.77 bits per heavy atom. The standard InChI is InChI=1S/C12H17N/c1-9-8-13(3)10(2)12-7-5-4-6-11(9)12/h4-7,9-10H,8H2,1-3H3/t9-,10-/m1/s1. The summed E-state index contributed by atoms with van der Waals surface area (Å²) in [6.45, 7) is 5.77. The highest BCUT2D eigenvalue weighted by Gasteiger charge is 2.24. The SMILES string of the molecule is C[C@@H]1CN(C)[C@H](C)c2ccccc21. The molecule has 1 heterocycles. The summed E-state index contributed by atoms with van der Waals surface area (Å²) >= 11 is 0. The van der Waals surface area contributed by atoms with E-state index in [4.69, 9.17) is 0 Å². The minimum absolute atomic E-state index is 0.576. The Labute approximate surface area is 80.4 Å². The van der Waals surface area contributed by atoms with Crippen LogP contribution in [0.15, 0.2) is 24.3 Å². The van der Waals surface area contributed by atoms with Gasteiger partial charge in [0.25, 0.3) is 0 Å². The summed E-state index contributed by atoms with van der Waals surface area (Å²) in [6, 6.07) is 9.39. The Morgan fingerprint density at radius 3 is 2.46 bits per heavy atom. The molecule has 0 unspecified atom stereocenters. The molecule has 1 aromatic carbocycles. The number of hydrogen-bond acceptors (Lipinski definition) is 1. The average molecular weight is 175 g/mol. The molecule has 1 aliphatic heterocycles. The van der Waals surface area contributed by atoms with Gasteiger partial charge in [-0.1, -0.05) is 31.2 Å². The fourth-order valence-corrected chi connectivity index (χ4v) is 2.27. The van der Waals surface area contributed by atoms with Gasteiger partial charge in [-0.3, -0.25) is 4.90 Å². The monoisotopic (exact) mass is 175 g/mol. The molecule has 0 saturated heterocycles. The van der Waals surface area contributed by atoms with E-state index in [0.717, 1.165) is 0 Å². The van der Waals surface area contributed by atoms with Crippen LogP contribution in [0, 0.1) is 0 Å². The first-order chi connectivity index (χ1) is 6.20. The van der Waals surface area contributed by atoms with E-state index in [1.165, 1.54) is 17.7 Å². The Morgan fingerprint density at radius 1 is 1.15 bits per heavy atom. The van der Waals surface area contributed by atoms with Crippen LogP contribution in [0.5, 0.6) is 0 Å². The van der Waals surface area contributed by atoms with E-state index in [0.29, 0.717) is 12.0 Å². The van der Waals surface area contributed by atoms with Gasteiger partial charge in [0, 0.05) is 12.6 Å². The molecule has 0 amide bonds. The Hall–Kier alpha value is -0.820. The van der Waals surface area contributed by atoms with Crippen molar-refractivity contribution in [2.75, 3.05) is 13.6 Å². The van der Waals surface area contributed by atoms with Crippen molar-refractivity contribution in [2.45, 2.75) is 25.8 Å². The maximum absolute atomic E-state index is 2.42. The molecule has 1 aromatic rings. The molecular weight excluding hydrogens is 158 g/mol. The first-order valence-electron chi connectivity index (χ1n) is 4.99. The van der Waals surface area contributed by atoms with Crippen LogP contribution >= 0.6 is 0 Å². The molecule has 1 heteroatoms. The second-order valence-electron chi connectivity index (χ2n) is 4.15. The summed E-state index contributed by atoms with van der Waals surface area (Å²) in [5.41, 5.74) is 3.04. The molecule has 0 bridgehead atoms. The number of benzene rings is 1. The maximum atomic E-state index is 2.42. The van der Waals surface area contributed by atoms with Crippen molar-refractivity contribution in [3.63, 3.8) is 0 Å². The molecule has 2 atom stereocenters. The van der Waals surface area contributed by atoms with Crippen molar-refractivity contribution in [3.05, 3.63) is 35.4 Å². The lowest BCUT2D eigenvalue weighted by Gasteiger charge is -2.35. The van der Waals surface area contributed by atoms with Gasteiger partial charge >= 0.3 is 0 Å². The lowest BCUT2D eigenvalue weighted by atomic mass is 9.87. The topological polar surface area (TPSA) is 3.24 Å². The summed E-state index contributed by atoms with van der Waals surface area (Å²) in [7, 11) is 2.21. The summed E-state index contributed by atoms with van der Waals surface area (Å²) in [4.78, 5) is 2.42. The van der Waals surface area contributed by atoms with Gasteiger partial charge in [0.05, 0.1) is 0 Å². The van der Waals surface area contributed by atoms with Crippen LogP contribution in [0.2, 0.25) is 0 Å². The number of nitrogens with zero attached hydrogens (tertiary/aromatic N) is 1. The molecule has 1 nitrogen and oxygen atoms in total. The summed E-state index contributed by atoms with van der Waals surface area (Å²) in [6.07, 6.45) is 0. The lowest BCUT2D eigenvalue weighted by molar-refractivity contribution is 0.228. The lowest BCUT2D eigenvalue weighted by Crippen LogP contribution is -2.32. The second-order valence-corrected chi connectivity index (χ2v) is 4.15. The van der Waals surface area contributed by atoms with Crippen LogP contribution in [0.1, 0.15) is 36.9 Å². The third-order valence-corrected chi connectivity index (χ3v) is 3.20. The molecule has 0 aliphatic carbocycles. The van der Waals surface area contributed by atoms with Crippen molar-refractivity contribution in [3.8, 4) is 0 Å². The number of hydrogen-bond donors (Lipinski definition) is 0. The molecule has 0 spiro atoms. The highest BCUT2D eigenvalue weighted by molar-refractivity contribution is 5.34. The van der Waals surface area contributed by atoms with Crippen molar-refractivity contribution >= 4 is 0 Å². The van der Waals surface area contributed by atoms with E-state index in [-0.39, 0.29) is 0 Å². The van der Waals surface area contributed by atoms with Gasteiger partial charge < -0.3 is 0 Å². The summed E-state index contributed by atoms with van der Waals surface area (Å²) in [5, 5.41) is 0. The maximum Gasteiger partial charge on any atom is 0.0319 e. The van der Waals surface area contributed by atoms with Crippen LogP contribution in [0.25, 0.3) is 0 Å². The predicted octanol–water partition coefficient (Wildman–Crippen LogP) is 2.80. The molecule has 2 rings (SSSR count). The highest BCUT2D eigenvalue weighted by atomic mass is 15.1. The molecule has 0 fully saturated rings. The van der Waals surface area contributed by atoms with Crippen LogP contribution in [-0.4, -0.2) is 18.5 Å². The van der Waals surface area contributed by atoms with Crippen LogP contribution < -0.4 is 0 Å². The molecule has 0 N–H and O–H groups in total. The van der Waals surface area contributed by atoms with Gasteiger partial charge in [-0.05, 0) is 31.0 Å². The smallest absolute Gasteiger partial charge is 0.0319 e. The molecule has 0 saturated carbocycles. The van der Waals surface area contributed by atoms with Crippen molar-refractivity contribution in [1.82, 2.24) is 4.90 Å². The molecule has 1 aliphatic rings. The zero-order valence-electron chi connectivity index (χ0n) is 8.62. The van der Waals surface area contributed by atoms with Crippen LogP contribution in [-0.2, 0) is 0 Å². The van der Waals surface area contributed by atoms with E-state index in [1.54, 1.807) is 0 Å². The van der Waals surface area contributed by atoms with E-state index in [1.807, 2.05) is 0 Å². The van der Waals surface area contributed by atoms with E-state index < -0.39 is 0 Å². The molecule has 0 radical (unpaired) electrons. The Balaban J connectivity index is 2.47. The van der Waals surface area contributed by atoms with Crippen molar-refractivity contribution < 1.29 is 0 Å². The van der Waals surface area contributed by atoms with Crippen LogP contribution in [0.4, 0.5) is 0 Å². The quantitative estimate of drug-likeness (QED) is 0.586. The Kier molecular flexibility index (Phi) is 2.12. The number of likely N-dealkylation sites (N-methyl/N-ethyl adjacent to an activating group) is 1. The van der Waals surface area contributed by atoms with Gasteiger partial charge in [0.2, 0.25) is 0 Å².